The summed E-state index contributed by atoms with van der Waals surface area (Å²) in [7, 11) is 0. The summed E-state index contributed by atoms with van der Waals surface area (Å²) in [6, 6.07) is 9.05. The van der Waals surface area contributed by atoms with E-state index >= 15 is 0 Å². The first-order valence-electron chi connectivity index (χ1n) is 8.39. The molecule has 1 atom stereocenters. The number of carbonyl (C=O) groups excluding carboxylic acids is 2. The third-order valence-electron chi connectivity index (χ3n) is 5.06. The largest absolute Gasteiger partial charge is 0.341 e. The number of carbonyl (C=O) groups is 2. The smallest absolute Gasteiger partial charge is 0.252 e. The van der Waals surface area contributed by atoms with Gasteiger partial charge in [0.2, 0.25) is 5.91 Å². The monoisotopic (exact) mass is 324 g/mol. The van der Waals surface area contributed by atoms with Gasteiger partial charge in [-0.2, -0.15) is 5.10 Å². The molecule has 6 heteroatoms. The van der Waals surface area contributed by atoms with E-state index in [1.165, 1.54) is 0 Å². The number of H-pyrrole nitrogens is 1. The summed E-state index contributed by atoms with van der Waals surface area (Å²) in [6.45, 7) is 1.44. The topological polar surface area (TPSA) is 78.1 Å². The van der Waals surface area contributed by atoms with Gasteiger partial charge in [0.15, 0.2) is 0 Å². The molecule has 2 N–H and O–H groups in total. The van der Waals surface area contributed by atoms with Crippen LogP contribution in [0.15, 0.2) is 36.5 Å². The summed E-state index contributed by atoms with van der Waals surface area (Å²) in [6.07, 6.45) is 4.18. The summed E-state index contributed by atoms with van der Waals surface area (Å²) >= 11 is 0. The van der Waals surface area contributed by atoms with Gasteiger partial charge in [-0.1, -0.05) is 18.2 Å². The van der Waals surface area contributed by atoms with E-state index in [0.717, 1.165) is 37.2 Å². The third-order valence-corrected chi connectivity index (χ3v) is 5.06. The molecule has 2 aromatic rings. The zero-order valence-electron chi connectivity index (χ0n) is 13.4. The van der Waals surface area contributed by atoms with E-state index in [1.54, 1.807) is 12.3 Å². The van der Waals surface area contributed by atoms with Crippen molar-refractivity contribution in [1.82, 2.24) is 20.4 Å². The summed E-state index contributed by atoms with van der Waals surface area (Å²) in [5.41, 5.74) is 2.77. The number of aromatic nitrogens is 2. The van der Waals surface area contributed by atoms with E-state index in [1.807, 2.05) is 29.2 Å². The summed E-state index contributed by atoms with van der Waals surface area (Å²) in [5.74, 6) is 0.307. The highest BCUT2D eigenvalue weighted by Crippen LogP contribution is 2.27. The highest BCUT2D eigenvalue weighted by atomic mass is 16.2. The van der Waals surface area contributed by atoms with Crippen molar-refractivity contribution in [2.24, 2.45) is 0 Å². The van der Waals surface area contributed by atoms with E-state index in [0.29, 0.717) is 17.9 Å². The summed E-state index contributed by atoms with van der Waals surface area (Å²) in [5, 5.41) is 9.88. The second-order valence-corrected chi connectivity index (χ2v) is 6.50. The molecule has 6 nitrogen and oxygen atoms in total. The molecular formula is C18H20N4O2. The van der Waals surface area contributed by atoms with Crippen molar-refractivity contribution in [1.29, 1.82) is 0 Å². The van der Waals surface area contributed by atoms with Gasteiger partial charge in [0.25, 0.3) is 5.91 Å². The third kappa shape index (κ3) is 2.68. The molecule has 3 heterocycles. The van der Waals surface area contributed by atoms with Crippen LogP contribution in [0, 0.1) is 0 Å². The lowest BCUT2D eigenvalue weighted by atomic mass is 9.91. The van der Waals surface area contributed by atoms with Gasteiger partial charge in [-0.25, -0.2) is 0 Å². The quantitative estimate of drug-likeness (QED) is 0.878. The first-order chi connectivity index (χ1) is 11.7. The number of rotatable bonds is 2. The normalized spacial score (nSPS) is 21.2. The van der Waals surface area contributed by atoms with Crippen LogP contribution in [0.1, 0.15) is 40.4 Å². The molecule has 0 bridgehead atoms. The molecule has 0 unspecified atom stereocenters. The minimum absolute atomic E-state index is 0.0286. The van der Waals surface area contributed by atoms with Gasteiger partial charge in [0.1, 0.15) is 6.04 Å². The molecule has 24 heavy (non-hydrogen) atoms. The lowest BCUT2D eigenvalue weighted by molar-refractivity contribution is -0.134. The molecule has 1 saturated heterocycles. The van der Waals surface area contributed by atoms with Crippen molar-refractivity contribution in [2.45, 2.75) is 31.2 Å². The van der Waals surface area contributed by atoms with Crippen LogP contribution in [0.5, 0.6) is 0 Å². The Kier molecular flexibility index (Phi) is 3.80. The number of aromatic amines is 1. The Morgan fingerprint density at radius 1 is 1.17 bits per heavy atom. The summed E-state index contributed by atoms with van der Waals surface area (Å²) in [4.78, 5) is 26.9. The van der Waals surface area contributed by atoms with Crippen LogP contribution in [0.25, 0.3) is 0 Å². The number of piperidine rings is 1. The predicted molar refractivity (Wildman–Crippen MR) is 88.5 cm³/mol. The van der Waals surface area contributed by atoms with Gasteiger partial charge in [-0.05, 0) is 30.5 Å². The number of benzene rings is 1. The van der Waals surface area contributed by atoms with Gasteiger partial charge in [0.05, 0.1) is 0 Å². The van der Waals surface area contributed by atoms with Crippen molar-refractivity contribution in [3.05, 3.63) is 53.3 Å². The maximum atomic E-state index is 12.8. The lowest BCUT2D eigenvalue weighted by Crippen LogP contribution is -2.53. The molecule has 1 fully saturated rings. The number of nitrogens with zero attached hydrogens (tertiary/aromatic N) is 2. The number of nitrogens with one attached hydrogen (secondary N) is 2. The number of likely N-dealkylation sites (tertiary alicyclic amines) is 1. The van der Waals surface area contributed by atoms with Gasteiger partial charge in [-0.15, -0.1) is 0 Å². The molecule has 2 amide bonds. The van der Waals surface area contributed by atoms with Gasteiger partial charge < -0.3 is 10.2 Å². The van der Waals surface area contributed by atoms with Crippen molar-refractivity contribution in [3.63, 3.8) is 0 Å². The Hall–Kier alpha value is -2.63. The van der Waals surface area contributed by atoms with Crippen molar-refractivity contribution in [2.75, 3.05) is 13.1 Å². The molecule has 2 aliphatic rings. The van der Waals surface area contributed by atoms with Crippen LogP contribution >= 0.6 is 0 Å². The maximum absolute atomic E-state index is 12.8. The molecule has 0 saturated carbocycles. The molecule has 2 aliphatic heterocycles. The molecule has 4 rings (SSSR count). The zero-order chi connectivity index (χ0) is 16.5. The minimum Gasteiger partial charge on any atom is -0.341 e. The van der Waals surface area contributed by atoms with E-state index in [-0.39, 0.29) is 11.8 Å². The van der Waals surface area contributed by atoms with Crippen LogP contribution in [0.2, 0.25) is 0 Å². The van der Waals surface area contributed by atoms with E-state index in [4.69, 9.17) is 0 Å². The van der Waals surface area contributed by atoms with Crippen LogP contribution in [0.3, 0.4) is 0 Å². The van der Waals surface area contributed by atoms with E-state index < -0.39 is 6.04 Å². The van der Waals surface area contributed by atoms with Gasteiger partial charge in [-0.3, -0.25) is 14.7 Å². The van der Waals surface area contributed by atoms with Crippen LogP contribution < -0.4 is 5.32 Å². The number of fused-ring (bicyclic) bond motifs is 1. The van der Waals surface area contributed by atoms with E-state index in [9.17, 15) is 9.59 Å². The van der Waals surface area contributed by atoms with E-state index in [2.05, 4.69) is 15.5 Å². The summed E-state index contributed by atoms with van der Waals surface area (Å²) < 4.78 is 0. The number of hydrogen-bond donors (Lipinski definition) is 2. The van der Waals surface area contributed by atoms with Crippen LogP contribution in [0.4, 0.5) is 0 Å². The molecular weight excluding hydrogens is 304 g/mol. The first-order valence-corrected chi connectivity index (χ1v) is 8.39. The molecule has 0 radical (unpaired) electrons. The average Bonchev–Trinajstić information content (AvgIpc) is 3.16. The van der Waals surface area contributed by atoms with Gasteiger partial charge in [0, 0.05) is 42.9 Å². The maximum Gasteiger partial charge on any atom is 0.252 e. The SMILES string of the molecule is O=C1N[C@@H](C(=O)N2CCC(c3ccn[nH]3)CC2)Cc2ccccc21. The van der Waals surface area contributed by atoms with Crippen LogP contribution in [-0.2, 0) is 11.2 Å². The molecule has 1 aromatic carbocycles. The first kappa shape index (κ1) is 14.9. The van der Waals surface area contributed by atoms with Crippen molar-refractivity contribution < 1.29 is 9.59 Å². The molecule has 0 aliphatic carbocycles. The van der Waals surface area contributed by atoms with Crippen molar-refractivity contribution >= 4 is 11.8 Å². The Morgan fingerprint density at radius 3 is 2.71 bits per heavy atom. The van der Waals surface area contributed by atoms with Crippen molar-refractivity contribution in [3.8, 4) is 0 Å². The Labute approximate surface area is 140 Å². The zero-order valence-corrected chi connectivity index (χ0v) is 13.4. The number of hydrogen-bond acceptors (Lipinski definition) is 3. The second kappa shape index (κ2) is 6.11. The molecule has 1 aromatic heterocycles. The fourth-order valence-corrected chi connectivity index (χ4v) is 3.70. The predicted octanol–water partition coefficient (Wildman–Crippen LogP) is 1.47. The average molecular weight is 324 g/mol. The standard InChI is InChI=1S/C18H20N4O2/c23-17-14-4-2-1-3-13(14)11-16(20-17)18(24)22-9-6-12(7-10-22)15-5-8-19-21-15/h1-5,8,12,16H,6-7,9-11H2,(H,19,21)(H,20,23)/t16-/m1/s1. The fraction of sp³-hybridized carbons (Fsp3) is 0.389. The Balaban J connectivity index is 1.41. The van der Waals surface area contributed by atoms with Crippen LogP contribution in [-0.4, -0.2) is 46.0 Å². The number of amides is 2. The Bertz CT molecular complexity index is 748. The minimum atomic E-state index is -0.448. The second-order valence-electron chi connectivity index (χ2n) is 6.50. The lowest BCUT2D eigenvalue weighted by Gasteiger charge is -2.35. The highest BCUT2D eigenvalue weighted by molar-refractivity contribution is 6.00. The molecule has 0 spiro atoms. The molecule has 124 valence electrons. The highest BCUT2D eigenvalue weighted by Gasteiger charge is 2.33. The van der Waals surface area contributed by atoms with Gasteiger partial charge >= 0.3 is 0 Å². The Morgan fingerprint density at radius 2 is 1.96 bits per heavy atom. The fourth-order valence-electron chi connectivity index (χ4n) is 3.70.